The fourth-order valence-corrected chi connectivity index (χ4v) is 5.43. The summed E-state index contributed by atoms with van der Waals surface area (Å²) in [4.78, 5) is 0. The Bertz CT molecular complexity index is 391. The summed E-state index contributed by atoms with van der Waals surface area (Å²) in [6.07, 6.45) is 6.79. The van der Waals surface area contributed by atoms with Gasteiger partial charge in [-0.2, -0.15) is 4.31 Å². The molecule has 5 heteroatoms. The number of rotatable bonds is 2. The molecule has 2 aliphatic carbocycles. The van der Waals surface area contributed by atoms with Crippen LogP contribution in [0.2, 0.25) is 0 Å². The van der Waals surface area contributed by atoms with E-state index in [1.807, 2.05) is 0 Å². The number of nitrogens with two attached hydrogens (primary N) is 1. The van der Waals surface area contributed by atoms with Gasteiger partial charge in [-0.1, -0.05) is 12.8 Å². The van der Waals surface area contributed by atoms with Gasteiger partial charge in [0.2, 0.25) is 10.0 Å². The third-order valence-electron chi connectivity index (χ3n) is 4.45. The zero-order valence-electron chi connectivity index (χ0n) is 9.56. The van der Waals surface area contributed by atoms with E-state index in [2.05, 4.69) is 0 Å². The molecule has 0 radical (unpaired) electrons. The maximum Gasteiger partial charge on any atom is 0.217 e. The van der Waals surface area contributed by atoms with E-state index in [9.17, 15) is 8.42 Å². The van der Waals surface area contributed by atoms with Gasteiger partial charge < -0.3 is 5.73 Å². The Morgan fingerprint density at radius 3 is 2.56 bits per heavy atom. The Hall–Kier alpha value is -0.130. The summed E-state index contributed by atoms with van der Waals surface area (Å²) in [6.45, 7) is 0.653. The highest BCUT2D eigenvalue weighted by Gasteiger charge is 2.53. The lowest BCUT2D eigenvalue weighted by atomic mass is 9.79. The average molecular weight is 244 g/mol. The largest absolute Gasteiger partial charge is 0.324 e. The van der Waals surface area contributed by atoms with Crippen molar-refractivity contribution in [3.63, 3.8) is 0 Å². The average Bonchev–Trinajstić information content (AvgIpc) is 3.01. The topological polar surface area (TPSA) is 63.4 Å². The Balaban J connectivity index is 1.87. The van der Waals surface area contributed by atoms with Crippen LogP contribution in [-0.4, -0.2) is 36.1 Å². The number of fused-ring (bicyclic) bond motifs is 1. The summed E-state index contributed by atoms with van der Waals surface area (Å²) < 4.78 is 26.3. The maximum atomic E-state index is 12.3. The highest BCUT2D eigenvalue weighted by molar-refractivity contribution is 7.90. The number of hydrogen-bond donors (Lipinski definition) is 1. The normalized spacial score (nSPS) is 40.9. The fourth-order valence-electron chi connectivity index (χ4n) is 3.30. The molecular weight excluding hydrogens is 224 g/mol. The van der Waals surface area contributed by atoms with E-state index in [0.717, 1.165) is 44.9 Å². The summed E-state index contributed by atoms with van der Waals surface area (Å²) >= 11 is 0. The van der Waals surface area contributed by atoms with Crippen LogP contribution < -0.4 is 5.73 Å². The van der Waals surface area contributed by atoms with Crippen molar-refractivity contribution in [2.24, 2.45) is 5.73 Å². The first kappa shape index (κ1) is 11.0. The van der Waals surface area contributed by atoms with Crippen molar-refractivity contribution in [2.75, 3.05) is 6.54 Å². The molecule has 1 aliphatic heterocycles. The third-order valence-corrected chi connectivity index (χ3v) is 6.86. The molecule has 0 spiro atoms. The van der Waals surface area contributed by atoms with Gasteiger partial charge >= 0.3 is 0 Å². The minimum absolute atomic E-state index is 0.0863. The second kappa shape index (κ2) is 3.43. The van der Waals surface area contributed by atoms with Gasteiger partial charge in [0.05, 0.1) is 5.25 Å². The Morgan fingerprint density at radius 2 is 1.88 bits per heavy atom. The minimum atomic E-state index is -3.02. The molecule has 3 fully saturated rings. The molecule has 3 rings (SSSR count). The molecule has 0 aromatic carbocycles. The maximum absolute atomic E-state index is 12.3. The molecule has 1 heterocycles. The molecule has 92 valence electrons. The summed E-state index contributed by atoms with van der Waals surface area (Å²) in [5.41, 5.74) is 6.14. The third kappa shape index (κ3) is 1.52. The molecule has 0 aromatic rings. The van der Waals surface area contributed by atoms with Crippen LogP contribution in [0.25, 0.3) is 0 Å². The van der Waals surface area contributed by atoms with Gasteiger partial charge in [0.1, 0.15) is 0 Å². The van der Waals surface area contributed by atoms with Crippen molar-refractivity contribution in [3.05, 3.63) is 0 Å². The predicted molar refractivity (Wildman–Crippen MR) is 62.4 cm³/mol. The monoisotopic (exact) mass is 244 g/mol. The van der Waals surface area contributed by atoms with Crippen LogP contribution in [0.1, 0.15) is 44.9 Å². The van der Waals surface area contributed by atoms with Crippen LogP contribution in [0.4, 0.5) is 0 Å². The summed E-state index contributed by atoms with van der Waals surface area (Å²) in [7, 11) is -3.02. The zero-order valence-corrected chi connectivity index (χ0v) is 10.4. The number of nitrogens with zero attached hydrogens (tertiary/aromatic N) is 1. The first-order valence-corrected chi connectivity index (χ1v) is 7.84. The van der Waals surface area contributed by atoms with Gasteiger partial charge in [0.25, 0.3) is 0 Å². The van der Waals surface area contributed by atoms with Crippen LogP contribution in [0, 0.1) is 0 Å². The van der Waals surface area contributed by atoms with Gasteiger partial charge in [0, 0.05) is 18.1 Å². The van der Waals surface area contributed by atoms with Gasteiger partial charge in [-0.15, -0.1) is 0 Å². The molecule has 2 saturated carbocycles. The highest BCUT2D eigenvalue weighted by atomic mass is 32.2. The van der Waals surface area contributed by atoms with Crippen molar-refractivity contribution < 1.29 is 8.42 Å². The quantitative estimate of drug-likeness (QED) is 0.782. The van der Waals surface area contributed by atoms with E-state index in [4.69, 9.17) is 5.73 Å². The molecule has 3 aliphatic rings. The zero-order chi connectivity index (χ0) is 11.4. The van der Waals surface area contributed by atoms with E-state index in [1.165, 1.54) is 0 Å². The molecule has 2 unspecified atom stereocenters. The smallest absolute Gasteiger partial charge is 0.217 e. The summed E-state index contributed by atoms with van der Waals surface area (Å²) in [5.74, 6) is 0. The SMILES string of the molecule is NC12CCCCC1N(S(=O)(=O)C1CC1)CC2. The van der Waals surface area contributed by atoms with Crippen molar-refractivity contribution in [3.8, 4) is 0 Å². The molecule has 0 bridgehead atoms. The standard InChI is InChI=1S/C11H20N2O2S/c12-11-6-2-1-3-10(11)13(8-7-11)16(14,15)9-4-5-9/h9-10H,1-8,12H2. The van der Waals surface area contributed by atoms with Gasteiger partial charge in [-0.3, -0.25) is 0 Å². The molecule has 4 nitrogen and oxygen atoms in total. The fraction of sp³-hybridized carbons (Fsp3) is 1.00. The molecular formula is C11H20N2O2S. The van der Waals surface area contributed by atoms with Gasteiger partial charge in [0.15, 0.2) is 0 Å². The second-order valence-corrected chi connectivity index (χ2v) is 7.77. The van der Waals surface area contributed by atoms with Gasteiger partial charge in [-0.05, 0) is 32.1 Å². The van der Waals surface area contributed by atoms with Crippen molar-refractivity contribution in [1.29, 1.82) is 0 Å². The van der Waals surface area contributed by atoms with Crippen molar-refractivity contribution >= 4 is 10.0 Å². The summed E-state index contributed by atoms with van der Waals surface area (Å²) in [6, 6.07) is 0.0897. The molecule has 1 saturated heterocycles. The van der Waals surface area contributed by atoms with E-state index in [0.29, 0.717) is 6.54 Å². The Labute approximate surface area is 97.2 Å². The Kier molecular flexibility index (Phi) is 2.36. The lowest BCUT2D eigenvalue weighted by Crippen LogP contribution is -2.54. The number of hydrogen-bond acceptors (Lipinski definition) is 3. The van der Waals surface area contributed by atoms with Crippen LogP contribution in [0.15, 0.2) is 0 Å². The first-order chi connectivity index (χ1) is 7.54. The van der Waals surface area contributed by atoms with Crippen molar-refractivity contribution in [2.45, 2.75) is 61.8 Å². The van der Waals surface area contributed by atoms with Crippen molar-refractivity contribution in [1.82, 2.24) is 4.31 Å². The molecule has 0 amide bonds. The molecule has 2 N–H and O–H groups in total. The first-order valence-electron chi connectivity index (χ1n) is 6.34. The summed E-state index contributed by atoms with van der Waals surface area (Å²) in [5, 5.41) is -0.0863. The van der Waals surface area contributed by atoms with Crippen LogP contribution >= 0.6 is 0 Å². The molecule has 0 aromatic heterocycles. The van der Waals surface area contributed by atoms with Gasteiger partial charge in [-0.25, -0.2) is 8.42 Å². The number of sulfonamides is 1. The molecule has 16 heavy (non-hydrogen) atoms. The Morgan fingerprint density at radius 1 is 1.12 bits per heavy atom. The lowest BCUT2D eigenvalue weighted by molar-refractivity contribution is 0.222. The van der Waals surface area contributed by atoms with Crippen LogP contribution in [-0.2, 0) is 10.0 Å². The molecule has 2 atom stereocenters. The predicted octanol–water partition coefficient (Wildman–Crippen LogP) is 0.824. The van der Waals surface area contributed by atoms with Crippen LogP contribution in [0.5, 0.6) is 0 Å². The van der Waals surface area contributed by atoms with Crippen LogP contribution in [0.3, 0.4) is 0 Å². The van der Waals surface area contributed by atoms with E-state index < -0.39 is 10.0 Å². The minimum Gasteiger partial charge on any atom is -0.324 e. The second-order valence-electron chi connectivity index (χ2n) is 5.60. The van der Waals surface area contributed by atoms with E-state index in [-0.39, 0.29) is 16.8 Å². The van der Waals surface area contributed by atoms with E-state index >= 15 is 0 Å². The van der Waals surface area contributed by atoms with E-state index in [1.54, 1.807) is 4.31 Å². The lowest BCUT2D eigenvalue weighted by Gasteiger charge is -2.38. The highest BCUT2D eigenvalue weighted by Crippen LogP contribution is 2.42.